The lowest BCUT2D eigenvalue weighted by atomic mass is 10.1. The number of nitrogens with one attached hydrogen (secondary N) is 2. The molecule has 4 heteroatoms. The Bertz CT molecular complexity index is 261. The van der Waals surface area contributed by atoms with Crippen LogP contribution in [-0.4, -0.2) is 48.6 Å². The summed E-state index contributed by atoms with van der Waals surface area (Å²) in [6.07, 6.45) is 4.84. The molecule has 0 aliphatic carbocycles. The van der Waals surface area contributed by atoms with Crippen molar-refractivity contribution in [1.29, 1.82) is 0 Å². The summed E-state index contributed by atoms with van der Waals surface area (Å²) < 4.78 is 0. The third-order valence-corrected chi connectivity index (χ3v) is 3.98. The fourth-order valence-electron chi connectivity index (χ4n) is 2.76. The zero-order chi connectivity index (χ0) is 12.3. The maximum absolute atomic E-state index is 12.4. The Labute approximate surface area is 104 Å². The van der Waals surface area contributed by atoms with Gasteiger partial charge in [0.25, 0.3) is 0 Å². The number of nitrogens with zero attached hydrogens (tertiary/aromatic N) is 1. The van der Waals surface area contributed by atoms with Gasteiger partial charge in [0.2, 0.25) is 5.91 Å². The van der Waals surface area contributed by atoms with Crippen molar-refractivity contribution in [3.63, 3.8) is 0 Å². The van der Waals surface area contributed by atoms with Crippen molar-refractivity contribution >= 4 is 5.91 Å². The monoisotopic (exact) mass is 239 g/mol. The zero-order valence-corrected chi connectivity index (χ0v) is 11.0. The Morgan fingerprint density at radius 3 is 2.65 bits per heavy atom. The smallest absolute Gasteiger partial charge is 0.241 e. The molecule has 1 amide bonds. The van der Waals surface area contributed by atoms with Crippen molar-refractivity contribution < 1.29 is 4.79 Å². The van der Waals surface area contributed by atoms with E-state index in [1.807, 2.05) is 0 Å². The summed E-state index contributed by atoms with van der Waals surface area (Å²) in [6.45, 7) is 6.92. The molecule has 0 aromatic heterocycles. The minimum absolute atomic E-state index is 0.0215. The van der Waals surface area contributed by atoms with Crippen LogP contribution >= 0.6 is 0 Å². The van der Waals surface area contributed by atoms with Crippen molar-refractivity contribution in [2.24, 2.45) is 0 Å². The summed E-state index contributed by atoms with van der Waals surface area (Å²) in [5.41, 5.74) is 0. The fraction of sp³-hybridized carbons (Fsp3) is 0.923. The van der Waals surface area contributed by atoms with Crippen molar-refractivity contribution in [2.45, 2.75) is 57.7 Å². The van der Waals surface area contributed by atoms with Crippen LogP contribution in [0.5, 0.6) is 0 Å². The van der Waals surface area contributed by atoms with E-state index >= 15 is 0 Å². The number of likely N-dealkylation sites (tertiary alicyclic amines) is 1. The topological polar surface area (TPSA) is 44.4 Å². The Balaban J connectivity index is 1.93. The first-order valence-corrected chi connectivity index (χ1v) is 6.95. The minimum atomic E-state index is -0.0215. The molecule has 0 radical (unpaired) electrons. The van der Waals surface area contributed by atoms with E-state index in [9.17, 15) is 4.79 Å². The molecule has 0 aromatic rings. The zero-order valence-electron chi connectivity index (χ0n) is 11.0. The summed E-state index contributed by atoms with van der Waals surface area (Å²) in [5.74, 6) is 0.291. The maximum Gasteiger partial charge on any atom is 0.241 e. The third kappa shape index (κ3) is 3.19. The molecule has 3 unspecified atom stereocenters. The molecule has 2 N–H and O–H groups in total. The second-order valence-corrected chi connectivity index (χ2v) is 5.50. The maximum atomic E-state index is 12.4. The lowest BCUT2D eigenvalue weighted by molar-refractivity contribution is -0.135. The molecular formula is C13H25N3O. The van der Waals surface area contributed by atoms with Crippen molar-refractivity contribution in [2.75, 3.05) is 19.6 Å². The average Bonchev–Trinajstić information content (AvgIpc) is 2.54. The SMILES string of the molecule is CC1CNC(C(=O)N2CCCCCC2C)CN1. The summed E-state index contributed by atoms with van der Waals surface area (Å²) in [6, 6.07) is 0.860. The van der Waals surface area contributed by atoms with Gasteiger partial charge in [-0.25, -0.2) is 0 Å². The quantitative estimate of drug-likeness (QED) is 0.709. The number of carbonyl (C=O) groups is 1. The molecule has 0 spiro atoms. The molecule has 3 atom stereocenters. The molecular weight excluding hydrogens is 214 g/mol. The van der Waals surface area contributed by atoms with Crippen molar-refractivity contribution in [3.05, 3.63) is 0 Å². The highest BCUT2D eigenvalue weighted by Gasteiger charge is 2.30. The molecule has 17 heavy (non-hydrogen) atoms. The van der Waals surface area contributed by atoms with Crippen LogP contribution in [0.3, 0.4) is 0 Å². The van der Waals surface area contributed by atoms with E-state index in [4.69, 9.17) is 0 Å². The lowest BCUT2D eigenvalue weighted by Crippen LogP contribution is -2.60. The van der Waals surface area contributed by atoms with Gasteiger partial charge in [-0.05, 0) is 26.7 Å². The van der Waals surface area contributed by atoms with Crippen LogP contribution < -0.4 is 10.6 Å². The minimum Gasteiger partial charge on any atom is -0.339 e. The third-order valence-electron chi connectivity index (χ3n) is 3.98. The van der Waals surface area contributed by atoms with Gasteiger partial charge >= 0.3 is 0 Å². The van der Waals surface area contributed by atoms with E-state index < -0.39 is 0 Å². The molecule has 0 saturated carbocycles. The van der Waals surface area contributed by atoms with Crippen LogP contribution in [0.1, 0.15) is 39.5 Å². The number of rotatable bonds is 1. The average molecular weight is 239 g/mol. The van der Waals surface area contributed by atoms with Gasteiger partial charge in [0, 0.05) is 31.7 Å². The Morgan fingerprint density at radius 2 is 1.94 bits per heavy atom. The molecule has 2 saturated heterocycles. The summed E-state index contributed by atoms with van der Waals surface area (Å²) in [4.78, 5) is 14.5. The van der Waals surface area contributed by atoms with Gasteiger partial charge in [0.1, 0.15) is 0 Å². The number of hydrogen-bond donors (Lipinski definition) is 2. The molecule has 2 heterocycles. The number of amides is 1. The van der Waals surface area contributed by atoms with Crippen LogP contribution in [0.4, 0.5) is 0 Å². The van der Waals surface area contributed by atoms with E-state index in [-0.39, 0.29) is 6.04 Å². The molecule has 2 fully saturated rings. The Hall–Kier alpha value is -0.610. The Kier molecular flexibility index (Phi) is 4.40. The van der Waals surface area contributed by atoms with Crippen LogP contribution in [-0.2, 0) is 4.79 Å². The highest BCUT2D eigenvalue weighted by atomic mass is 16.2. The highest BCUT2D eigenvalue weighted by Crippen LogP contribution is 2.17. The second-order valence-electron chi connectivity index (χ2n) is 5.50. The number of hydrogen-bond acceptors (Lipinski definition) is 3. The molecule has 2 rings (SSSR count). The van der Waals surface area contributed by atoms with Gasteiger partial charge in [-0.2, -0.15) is 0 Å². The van der Waals surface area contributed by atoms with Gasteiger partial charge < -0.3 is 15.5 Å². The molecule has 0 bridgehead atoms. The van der Waals surface area contributed by atoms with E-state index in [0.29, 0.717) is 18.0 Å². The molecule has 0 aromatic carbocycles. The first-order valence-electron chi connectivity index (χ1n) is 6.95. The van der Waals surface area contributed by atoms with Crippen LogP contribution in [0, 0.1) is 0 Å². The summed E-state index contributed by atoms with van der Waals surface area (Å²) in [7, 11) is 0. The van der Waals surface area contributed by atoms with E-state index in [0.717, 1.165) is 32.5 Å². The van der Waals surface area contributed by atoms with E-state index in [1.54, 1.807) is 0 Å². The molecule has 2 aliphatic heterocycles. The van der Waals surface area contributed by atoms with Gasteiger partial charge in [-0.3, -0.25) is 4.79 Å². The van der Waals surface area contributed by atoms with E-state index in [1.165, 1.54) is 12.8 Å². The van der Waals surface area contributed by atoms with Crippen LogP contribution in [0.15, 0.2) is 0 Å². The molecule has 4 nitrogen and oxygen atoms in total. The van der Waals surface area contributed by atoms with Gasteiger partial charge in [-0.15, -0.1) is 0 Å². The Morgan fingerprint density at radius 1 is 1.12 bits per heavy atom. The van der Waals surface area contributed by atoms with Gasteiger partial charge in [0.15, 0.2) is 0 Å². The van der Waals surface area contributed by atoms with Crippen molar-refractivity contribution in [1.82, 2.24) is 15.5 Å². The standard InChI is InChI=1S/C13H25N3O/c1-10-8-15-12(9-14-10)13(17)16-7-5-3-4-6-11(16)2/h10-12,14-15H,3-9H2,1-2H3. The van der Waals surface area contributed by atoms with E-state index in [2.05, 4.69) is 29.4 Å². The van der Waals surface area contributed by atoms with Crippen molar-refractivity contribution in [3.8, 4) is 0 Å². The molecule has 98 valence electrons. The normalized spacial score (nSPS) is 35.4. The van der Waals surface area contributed by atoms with Crippen LogP contribution in [0.25, 0.3) is 0 Å². The number of piperazine rings is 1. The highest BCUT2D eigenvalue weighted by molar-refractivity contribution is 5.82. The number of carbonyl (C=O) groups excluding carboxylic acids is 1. The predicted molar refractivity (Wildman–Crippen MR) is 68.9 cm³/mol. The van der Waals surface area contributed by atoms with Gasteiger partial charge in [-0.1, -0.05) is 12.8 Å². The second kappa shape index (κ2) is 5.83. The van der Waals surface area contributed by atoms with Crippen LogP contribution in [0.2, 0.25) is 0 Å². The first-order chi connectivity index (χ1) is 8.18. The largest absolute Gasteiger partial charge is 0.339 e. The summed E-state index contributed by atoms with van der Waals surface area (Å²) >= 11 is 0. The lowest BCUT2D eigenvalue weighted by Gasteiger charge is -2.35. The first kappa shape index (κ1) is 12.8. The molecule has 2 aliphatic rings. The summed E-state index contributed by atoms with van der Waals surface area (Å²) in [5, 5.41) is 6.73. The van der Waals surface area contributed by atoms with Gasteiger partial charge in [0.05, 0.1) is 6.04 Å². The fourth-order valence-corrected chi connectivity index (χ4v) is 2.76. The predicted octanol–water partition coefficient (Wildman–Crippen LogP) is 0.727.